The van der Waals surface area contributed by atoms with Crippen molar-refractivity contribution in [3.63, 3.8) is 0 Å². The summed E-state index contributed by atoms with van der Waals surface area (Å²) in [4.78, 5) is 7.03. The number of hydrogen-bond acceptors (Lipinski definition) is 6. The summed E-state index contributed by atoms with van der Waals surface area (Å²) in [6, 6.07) is 24.1. The van der Waals surface area contributed by atoms with E-state index in [4.69, 9.17) is 20.9 Å². The van der Waals surface area contributed by atoms with Gasteiger partial charge in [-0.05, 0) is 49.2 Å². The number of allylic oxidation sites excluding steroid dienone is 1. The van der Waals surface area contributed by atoms with Crippen LogP contribution in [0.2, 0.25) is 5.02 Å². The summed E-state index contributed by atoms with van der Waals surface area (Å²) in [5.41, 5.74) is 4.77. The third-order valence-corrected chi connectivity index (χ3v) is 7.74. The van der Waals surface area contributed by atoms with E-state index in [-0.39, 0.29) is 5.41 Å². The lowest BCUT2D eigenvalue weighted by Crippen LogP contribution is -2.39. The molecule has 3 heterocycles. The molecule has 6 rings (SSSR count). The summed E-state index contributed by atoms with van der Waals surface area (Å²) < 4.78 is 10.8. The van der Waals surface area contributed by atoms with Gasteiger partial charge in [0, 0.05) is 33.7 Å². The van der Waals surface area contributed by atoms with E-state index in [1.165, 1.54) is 5.56 Å². The molecule has 0 bridgehead atoms. The number of epoxide rings is 1. The number of halogens is 1. The largest absolute Gasteiger partial charge is 0.508 e. The second kappa shape index (κ2) is 9.69. The molecule has 7 heteroatoms. The van der Waals surface area contributed by atoms with Crippen LogP contribution in [0, 0.1) is 5.41 Å². The van der Waals surface area contributed by atoms with Crippen molar-refractivity contribution >= 4 is 11.6 Å². The molecule has 0 radical (unpaired) electrons. The lowest BCUT2D eigenvalue weighted by molar-refractivity contribution is 0.1000. The predicted molar refractivity (Wildman–Crippen MR) is 144 cm³/mol. The number of likely N-dealkylation sites (tertiary alicyclic amines) is 1. The van der Waals surface area contributed by atoms with E-state index in [0.717, 1.165) is 60.5 Å². The van der Waals surface area contributed by atoms with Crippen LogP contribution in [0.1, 0.15) is 25.3 Å². The molecule has 0 unspecified atom stereocenters. The fourth-order valence-electron chi connectivity index (χ4n) is 4.93. The molecule has 0 saturated carbocycles. The van der Waals surface area contributed by atoms with E-state index < -0.39 is 0 Å². The first-order chi connectivity index (χ1) is 18.0. The van der Waals surface area contributed by atoms with Crippen LogP contribution in [0.5, 0.6) is 0 Å². The van der Waals surface area contributed by atoms with Gasteiger partial charge in [0.2, 0.25) is 5.82 Å². The Balaban J connectivity index is 1.10. The number of nitrogens with zero attached hydrogens (tertiary/aromatic N) is 3. The van der Waals surface area contributed by atoms with Crippen molar-refractivity contribution in [3.8, 4) is 34.0 Å². The average molecular weight is 514 g/mol. The normalized spacial score (nSPS) is 18.3. The van der Waals surface area contributed by atoms with Gasteiger partial charge in [-0.1, -0.05) is 84.3 Å². The predicted octanol–water partition coefficient (Wildman–Crippen LogP) is 7.13. The molecular formula is C30H28ClN3O3. The Bertz CT molecular complexity index is 1430. The highest BCUT2D eigenvalue weighted by atomic mass is 35.5. The zero-order valence-electron chi connectivity index (χ0n) is 20.7. The number of ether oxygens (including phenoxy) is 1. The van der Waals surface area contributed by atoms with Crippen molar-refractivity contribution < 1.29 is 14.4 Å². The number of piperidine rings is 1. The van der Waals surface area contributed by atoms with Gasteiger partial charge in [0.25, 0.3) is 5.89 Å². The molecular weight excluding hydrogens is 486 g/mol. The third-order valence-electron chi connectivity index (χ3n) is 7.43. The molecule has 6 nitrogen and oxygen atoms in total. The van der Waals surface area contributed by atoms with Gasteiger partial charge in [0.15, 0.2) is 5.76 Å². The fraction of sp³-hybridized carbons (Fsp3) is 0.267. The fourth-order valence-corrected chi connectivity index (χ4v) is 5.22. The molecule has 2 aliphatic heterocycles. The summed E-state index contributed by atoms with van der Waals surface area (Å²) in [5, 5.41) is 15.3. The summed E-state index contributed by atoms with van der Waals surface area (Å²) in [7, 11) is 0. The summed E-state index contributed by atoms with van der Waals surface area (Å²) >= 11 is 6.57. The van der Waals surface area contributed by atoms with Crippen LogP contribution in [-0.2, 0) is 11.3 Å². The van der Waals surface area contributed by atoms with Crippen molar-refractivity contribution in [2.24, 2.45) is 5.41 Å². The van der Waals surface area contributed by atoms with Gasteiger partial charge in [-0.3, -0.25) is 4.90 Å². The molecule has 0 spiro atoms. The molecule has 3 aromatic carbocycles. The van der Waals surface area contributed by atoms with Gasteiger partial charge in [-0.2, -0.15) is 4.98 Å². The maximum absolute atomic E-state index is 10.4. The molecule has 0 aliphatic carbocycles. The lowest BCUT2D eigenvalue weighted by Gasteiger charge is -2.38. The first kappa shape index (κ1) is 23.8. The molecule has 0 atom stereocenters. The van der Waals surface area contributed by atoms with Crippen LogP contribution < -0.4 is 0 Å². The zero-order valence-corrected chi connectivity index (χ0v) is 21.4. The van der Waals surface area contributed by atoms with Gasteiger partial charge in [0.05, 0.1) is 0 Å². The van der Waals surface area contributed by atoms with Crippen LogP contribution in [0.15, 0.2) is 88.8 Å². The third kappa shape index (κ3) is 4.99. The Morgan fingerprint density at radius 2 is 1.68 bits per heavy atom. The molecule has 1 aromatic heterocycles. The van der Waals surface area contributed by atoms with Crippen molar-refractivity contribution in [1.29, 1.82) is 0 Å². The van der Waals surface area contributed by atoms with Gasteiger partial charge < -0.3 is 14.4 Å². The summed E-state index contributed by atoms with van der Waals surface area (Å²) in [6.45, 7) is 5.46. The topological polar surface area (TPSA) is 74.9 Å². The van der Waals surface area contributed by atoms with Crippen molar-refractivity contribution in [3.05, 3.63) is 94.9 Å². The molecule has 37 heavy (non-hydrogen) atoms. The van der Waals surface area contributed by atoms with Crippen LogP contribution in [0.3, 0.4) is 0 Å². The van der Waals surface area contributed by atoms with Crippen LogP contribution in [-0.4, -0.2) is 39.8 Å². The van der Waals surface area contributed by atoms with E-state index in [9.17, 15) is 5.11 Å². The Labute approximate surface area is 221 Å². The molecule has 0 amide bonds. The second-order valence-electron chi connectivity index (χ2n) is 10.1. The Morgan fingerprint density at radius 3 is 2.35 bits per heavy atom. The van der Waals surface area contributed by atoms with E-state index in [1.54, 1.807) is 0 Å². The molecule has 188 valence electrons. The minimum atomic E-state index is -0.172. The van der Waals surface area contributed by atoms with Crippen molar-refractivity contribution in [1.82, 2.24) is 15.0 Å². The average Bonchev–Trinajstić information content (AvgIpc) is 3.66. The highest BCUT2D eigenvalue weighted by molar-refractivity contribution is 6.33. The van der Waals surface area contributed by atoms with E-state index >= 15 is 0 Å². The Kier molecular flexibility index (Phi) is 6.22. The Morgan fingerprint density at radius 1 is 0.973 bits per heavy atom. The number of aliphatic hydroxyl groups excluding tert-OH is 1. The molecule has 1 N–H and O–H groups in total. The van der Waals surface area contributed by atoms with Crippen molar-refractivity contribution in [2.45, 2.75) is 26.3 Å². The van der Waals surface area contributed by atoms with Gasteiger partial charge in [-0.25, -0.2) is 0 Å². The molecule has 2 fully saturated rings. The second-order valence-corrected chi connectivity index (χ2v) is 10.5. The number of hydrogen-bond donors (Lipinski definition) is 1. The quantitative estimate of drug-likeness (QED) is 0.218. The van der Waals surface area contributed by atoms with Crippen LogP contribution >= 0.6 is 11.6 Å². The lowest BCUT2D eigenvalue weighted by atomic mass is 9.78. The SMILES string of the molecule is CC1(C(O)=C2CO2)CCN(Cc2ccc(-c3noc(-c4ccc(-c5ccccc5)c(Cl)c4)n3)cc2)CC1. The van der Waals surface area contributed by atoms with Crippen LogP contribution in [0.25, 0.3) is 34.0 Å². The summed E-state index contributed by atoms with van der Waals surface area (Å²) in [6.07, 6.45) is 1.84. The van der Waals surface area contributed by atoms with Gasteiger partial charge in [-0.15, -0.1) is 0 Å². The minimum Gasteiger partial charge on any atom is -0.508 e. The molecule has 4 aromatic rings. The van der Waals surface area contributed by atoms with Gasteiger partial charge in [0.1, 0.15) is 12.4 Å². The highest BCUT2D eigenvalue weighted by Gasteiger charge is 2.38. The smallest absolute Gasteiger partial charge is 0.258 e. The van der Waals surface area contributed by atoms with Gasteiger partial charge >= 0.3 is 0 Å². The number of benzene rings is 3. The number of aliphatic hydroxyl groups is 1. The first-order valence-corrected chi connectivity index (χ1v) is 12.9. The minimum absolute atomic E-state index is 0.172. The molecule has 2 aliphatic rings. The van der Waals surface area contributed by atoms with Crippen LogP contribution in [0.4, 0.5) is 0 Å². The maximum Gasteiger partial charge on any atom is 0.258 e. The highest BCUT2D eigenvalue weighted by Crippen LogP contribution is 2.41. The zero-order chi connectivity index (χ0) is 25.4. The maximum atomic E-state index is 10.4. The van der Waals surface area contributed by atoms with E-state index in [2.05, 4.69) is 34.1 Å². The molecule has 2 saturated heterocycles. The van der Waals surface area contributed by atoms with E-state index in [0.29, 0.717) is 29.1 Å². The van der Waals surface area contributed by atoms with E-state index in [1.807, 2.05) is 60.7 Å². The number of rotatable bonds is 6. The standard InChI is InChI=1S/C30H28ClN3O3/c1-30(27(35)26-19-36-26)13-15-34(16-14-30)18-20-7-9-22(10-8-20)28-32-29(37-33-28)23-11-12-24(25(31)17-23)21-5-3-2-4-6-21/h2-12,17,35H,13-16,18-19H2,1H3. The first-order valence-electron chi connectivity index (χ1n) is 12.5. The summed E-state index contributed by atoms with van der Waals surface area (Å²) in [5.74, 6) is 2.20. The number of aromatic nitrogens is 2. The Hall–Kier alpha value is -3.61. The monoisotopic (exact) mass is 513 g/mol. The van der Waals surface area contributed by atoms with Crippen molar-refractivity contribution in [2.75, 3.05) is 19.7 Å².